The first-order chi connectivity index (χ1) is 21.5. The van der Waals surface area contributed by atoms with Gasteiger partial charge in [0.1, 0.15) is 11.6 Å². The topological polar surface area (TPSA) is 55.7 Å². The molecule has 0 N–H and O–H groups in total. The summed E-state index contributed by atoms with van der Waals surface area (Å²) in [5, 5.41) is 4.09. The predicted octanol–water partition coefficient (Wildman–Crippen LogP) is 7.92. The van der Waals surface area contributed by atoms with E-state index in [1.165, 1.54) is 24.3 Å². The van der Waals surface area contributed by atoms with E-state index in [9.17, 15) is 8.78 Å². The summed E-state index contributed by atoms with van der Waals surface area (Å²) >= 11 is 0. The summed E-state index contributed by atoms with van der Waals surface area (Å²) in [4.78, 5) is 14.3. The van der Waals surface area contributed by atoms with E-state index in [0.717, 1.165) is 43.4 Å². The van der Waals surface area contributed by atoms with Crippen LogP contribution in [0, 0.1) is 11.6 Å². The van der Waals surface area contributed by atoms with Gasteiger partial charge in [-0.3, -0.25) is 0 Å². The molecule has 0 saturated carbocycles. The second kappa shape index (κ2) is 10.1. The van der Waals surface area contributed by atoms with E-state index in [1.54, 1.807) is 24.3 Å². The van der Waals surface area contributed by atoms with Crippen molar-refractivity contribution in [2.24, 2.45) is 0 Å². The highest BCUT2D eigenvalue weighted by Gasteiger charge is 2.40. The normalized spacial score (nSPS) is 13.0. The van der Waals surface area contributed by atoms with Crippen molar-refractivity contribution in [2.75, 3.05) is 0 Å². The lowest BCUT2D eigenvalue weighted by molar-refractivity contribution is 0.593. The van der Waals surface area contributed by atoms with E-state index >= 15 is 4.57 Å². The molecule has 0 spiro atoms. The second-order valence-corrected chi connectivity index (χ2v) is 13.3. The third kappa shape index (κ3) is 4.10. The molecular formula is C37H22F2N3OP. The summed E-state index contributed by atoms with van der Waals surface area (Å²) in [7, 11) is -3.21. The van der Waals surface area contributed by atoms with Crippen LogP contribution in [0.2, 0.25) is 0 Å². The Morgan fingerprint density at radius 2 is 0.864 bits per heavy atom. The molecule has 2 heterocycles. The van der Waals surface area contributed by atoms with Gasteiger partial charge < -0.3 is 4.57 Å². The minimum atomic E-state index is -3.21. The first kappa shape index (κ1) is 26.3. The number of hydrogen-bond acceptors (Lipinski definition) is 4. The number of halogens is 2. The molecule has 0 radical (unpaired) electrons. The number of hydrogen-bond donors (Lipinski definition) is 0. The molecule has 6 aromatic carbocycles. The van der Waals surface area contributed by atoms with Gasteiger partial charge >= 0.3 is 0 Å². The standard InChI is InChI=1S/C37H22F2N3OP/c38-25-17-13-23(14-18-25)35-40-36(24-15-19-26(39)20-16-24)42-37(41-35)31-21-22-34(28-8-2-1-7-27(28)31)44(43)32-11-5-3-9-29(32)30-10-4-6-12-33(30)44/h1-22H. The van der Waals surface area contributed by atoms with Gasteiger partial charge in [0.2, 0.25) is 0 Å². The molecule has 1 aliphatic heterocycles. The van der Waals surface area contributed by atoms with E-state index in [2.05, 4.69) is 4.98 Å². The number of rotatable bonds is 4. The molecule has 0 bridgehead atoms. The van der Waals surface area contributed by atoms with E-state index in [1.807, 2.05) is 84.9 Å². The number of fused-ring (bicyclic) bond motifs is 4. The quantitative estimate of drug-likeness (QED) is 0.195. The number of nitrogens with zero attached hydrogens (tertiary/aromatic N) is 3. The van der Waals surface area contributed by atoms with Gasteiger partial charge in [-0.05, 0) is 82.6 Å². The van der Waals surface area contributed by atoms with Crippen LogP contribution >= 0.6 is 7.14 Å². The first-order valence-corrected chi connectivity index (χ1v) is 15.8. The average Bonchev–Trinajstić information content (AvgIpc) is 3.33. The minimum Gasteiger partial charge on any atom is -0.309 e. The predicted molar refractivity (Wildman–Crippen MR) is 172 cm³/mol. The molecule has 0 fully saturated rings. The largest absolute Gasteiger partial charge is 0.309 e. The Morgan fingerprint density at radius 3 is 1.41 bits per heavy atom. The molecule has 0 saturated heterocycles. The molecule has 0 aliphatic carbocycles. The van der Waals surface area contributed by atoms with Crippen LogP contribution in [-0.4, -0.2) is 15.0 Å². The summed E-state index contributed by atoms with van der Waals surface area (Å²) in [6, 6.07) is 39.4. The molecule has 4 nitrogen and oxygen atoms in total. The molecule has 1 aromatic heterocycles. The van der Waals surface area contributed by atoms with Crippen molar-refractivity contribution in [3.05, 3.63) is 145 Å². The number of aromatic nitrogens is 3. The molecular weight excluding hydrogens is 571 g/mol. The smallest absolute Gasteiger partial charge is 0.172 e. The lowest BCUT2D eigenvalue weighted by atomic mass is 10.0. The van der Waals surface area contributed by atoms with E-state index in [-0.39, 0.29) is 11.6 Å². The van der Waals surface area contributed by atoms with Crippen molar-refractivity contribution in [3.8, 4) is 45.3 Å². The second-order valence-electron chi connectivity index (χ2n) is 10.6. The molecule has 8 rings (SSSR count). The van der Waals surface area contributed by atoms with Crippen LogP contribution in [0.5, 0.6) is 0 Å². The fourth-order valence-electron chi connectivity index (χ4n) is 6.05. The van der Waals surface area contributed by atoms with Crippen LogP contribution in [0.4, 0.5) is 8.78 Å². The van der Waals surface area contributed by atoms with Crippen molar-refractivity contribution in [2.45, 2.75) is 0 Å². The van der Waals surface area contributed by atoms with E-state index in [0.29, 0.717) is 28.6 Å². The minimum absolute atomic E-state index is 0.355. The Labute approximate surface area is 252 Å². The highest BCUT2D eigenvalue weighted by molar-refractivity contribution is 7.86. The third-order valence-corrected chi connectivity index (χ3v) is 11.3. The fourth-order valence-corrected chi connectivity index (χ4v) is 9.30. The monoisotopic (exact) mass is 593 g/mol. The van der Waals surface area contributed by atoms with Crippen molar-refractivity contribution in [1.29, 1.82) is 0 Å². The SMILES string of the molecule is O=P1(c2ccc(-c3nc(-c4ccc(F)cc4)nc(-c4ccc(F)cc4)n3)c3ccccc23)c2ccccc2-c2ccccc21. The van der Waals surface area contributed by atoms with Gasteiger partial charge in [-0.15, -0.1) is 0 Å². The molecule has 0 atom stereocenters. The van der Waals surface area contributed by atoms with E-state index in [4.69, 9.17) is 9.97 Å². The van der Waals surface area contributed by atoms with Gasteiger partial charge in [-0.25, -0.2) is 23.7 Å². The van der Waals surface area contributed by atoms with Gasteiger partial charge in [-0.2, -0.15) is 0 Å². The summed E-state index contributed by atoms with van der Waals surface area (Å²) in [5.41, 5.74) is 3.94. The molecule has 0 unspecified atom stereocenters. The third-order valence-electron chi connectivity index (χ3n) is 8.10. The molecule has 44 heavy (non-hydrogen) atoms. The highest BCUT2D eigenvalue weighted by atomic mass is 31.2. The van der Waals surface area contributed by atoms with Crippen LogP contribution in [0.15, 0.2) is 133 Å². The fraction of sp³-hybridized carbons (Fsp3) is 0. The Hall–Kier alpha value is -5.32. The highest BCUT2D eigenvalue weighted by Crippen LogP contribution is 2.53. The average molecular weight is 594 g/mol. The summed E-state index contributed by atoms with van der Waals surface area (Å²) in [6.07, 6.45) is 0. The summed E-state index contributed by atoms with van der Waals surface area (Å²) < 4.78 is 42.9. The Balaban J connectivity index is 1.37. The Morgan fingerprint density at radius 1 is 0.409 bits per heavy atom. The lowest BCUT2D eigenvalue weighted by Crippen LogP contribution is -2.21. The molecule has 7 heteroatoms. The lowest BCUT2D eigenvalue weighted by Gasteiger charge is -2.19. The van der Waals surface area contributed by atoms with Gasteiger partial charge in [0, 0.05) is 32.6 Å². The van der Waals surface area contributed by atoms with Gasteiger partial charge in [0.15, 0.2) is 24.6 Å². The zero-order chi connectivity index (χ0) is 29.8. The molecule has 0 amide bonds. The molecule has 1 aliphatic rings. The maximum absolute atomic E-state index is 15.4. The zero-order valence-electron chi connectivity index (χ0n) is 23.2. The zero-order valence-corrected chi connectivity index (χ0v) is 24.0. The summed E-state index contributed by atoms with van der Waals surface area (Å²) in [5.74, 6) is 0.372. The van der Waals surface area contributed by atoms with Gasteiger partial charge in [0.05, 0.1) is 0 Å². The van der Waals surface area contributed by atoms with Crippen LogP contribution in [0.25, 0.3) is 56.1 Å². The van der Waals surface area contributed by atoms with Gasteiger partial charge in [0.25, 0.3) is 0 Å². The van der Waals surface area contributed by atoms with Crippen molar-refractivity contribution < 1.29 is 13.3 Å². The maximum Gasteiger partial charge on any atom is 0.172 e. The van der Waals surface area contributed by atoms with Crippen LogP contribution < -0.4 is 15.9 Å². The van der Waals surface area contributed by atoms with E-state index < -0.39 is 7.14 Å². The Kier molecular flexibility index (Phi) is 6.07. The van der Waals surface area contributed by atoms with Crippen LogP contribution in [0.1, 0.15) is 0 Å². The van der Waals surface area contributed by atoms with Crippen LogP contribution in [0.3, 0.4) is 0 Å². The number of benzene rings is 6. The van der Waals surface area contributed by atoms with Gasteiger partial charge in [-0.1, -0.05) is 72.8 Å². The van der Waals surface area contributed by atoms with Crippen molar-refractivity contribution in [1.82, 2.24) is 15.0 Å². The Bertz CT molecular complexity index is 2170. The summed E-state index contributed by atoms with van der Waals surface area (Å²) in [6.45, 7) is 0. The maximum atomic E-state index is 15.4. The van der Waals surface area contributed by atoms with Crippen molar-refractivity contribution >= 4 is 33.8 Å². The first-order valence-electron chi connectivity index (χ1n) is 14.1. The van der Waals surface area contributed by atoms with Crippen molar-refractivity contribution in [3.63, 3.8) is 0 Å². The van der Waals surface area contributed by atoms with Crippen LogP contribution in [-0.2, 0) is 4.57 Å². The molecule has 210 valence electrons. The molecule has 7 aromatic rings.